The molecule has 2 fully saturated rings. The molecule has 0 heterocycles. The van der Waals surface area contributed by atoms with Crippen molar-refractivity contribution in [3.63, 3.8) is 0 Å². The van der Waals surface area contributed by atoms with Gasteiger partial charge in [0.2, 0.25) is 0 Å². The van der Waals surface area contributed by atoms with Crippen molar-refractivity contribution >= 4 is 5.78 Å². The molecule has 0 saturated heterocycles. The minimum Gasteiger partial charge on any atom is -0.294 e. The summed E-state index contributed by atoms with van der Waals surface area (Å²) in [6.45, 7) is 8.33. The number of rotatable bonds is 5. The molecule has 3 rings (SSSR count). The van der Waals surface area contributed by atoms with Gasteiger partial charge < -0.3 is 0 Å². The lowest BCUT2D eigenvalue weighted by molar-refractivity contribution is 0.0858. The molecule has 0 amide bonds. The van der Waals surface area contributed by atoms with Crippen LogP contribution in [0.1, 0.15) is 114 Å². The maximum absolute atomic E-state index is 12.4. The number of benzene rings is 1. The summed E-state index contributed by atoms with van der Waals surface area (Å²) in [6.07, 6.45) is 14.3. The number of ketones is 1. The molecule has 2 saturated carbocycles. The molecule has 1 aromatic rings. The Balaban J connectivity index is 1.50. The summed E-state index contributed by atoms with van der Waals surface area (Å²) in [4.78, 5) is 12.4. The molecule has 0 N–H and O–H groups in total. The van der Waals surface area contributed by atoms with E-state index in [0.29, 0.717) is 5.92 Å². The molecule has 0 radical (unpaired) electrons. The quantitative estimate of drug-likeness (QED) is 0.485. The first-order valence-electron chi connectivity index (χ1n) is 11.5. The summed E-state index contributed by atoms with van der Waals surface area (Å²) in [5.74, 6) is 3.96. The molecule has 0 aliphatic heterocycles. The first kappa shape index (κ1) is 20.6. The van der Waals surface area contributed by atoms with Crippen LogP contribution in [-0.4, -0.2) is 5.78 Å². The van der Waals surface area contributed by atoms with Gasteiger partial charge in [0.05, 0.1) is 0 Å². The Morgan fingerprint density at radius 1 is 0.852 bits per heavy atom. The largest absolute Gasteiger partial charge is 0.294 e. The zero-order valence-electron chi connectivity index (χ0n) is 18.1. The van der Waals surface area contributed by atoms with Crippen LogP contribution in [0.25, 0.3) is 0 Å². The number of hydrogen-bond donors (Lipinski definition) is 0. The molecule has 1 heteroatoms. The van der Waals surface area contributed by atoms with Gasteiger partial charge in [-0.25, -0.2) is 0 Å². The van der Waals surface area contributed by atoms with E-state index in [0.717, 1.165) is 23.3 Å². The van der Waals surface area contributed by atoms with Gasteiger partial charge in [-0.2, -0.15) is 0 Å². The maximum atomic E-state index is 12.4. The van der Waals surface area contributed by atoms with Crippen molar-refractivity contribution in [3.8, 4) is 0 Å². The van der Waals surface area contributed by atoms with Crippen molar-refractivity contribution in [2.75, 3.05) is 0 Å². The fourth-order valence-corrected chi connectivity index (χ4v) is 5.62. The second-order valence-electron chi connectivity index (χ2n) is 10.4. The summed E-state index contributed by atoms with van der Waals surface area (Å²) in [7, 11) is 0. The lowest BCUT2D eigenvalue weighted by Gasteiger charge is -2.38. The summed E-state index contributed by atoms with van der Waals surface area (Å²) in [5.41, 5.74) is 2.02. The van der Waals surface area contributed by atoms with Crippen molar-refractivity contribution in [2.45, 2.75) is 97.8 Å². The monoisotopic (exact) mass is 368 g/mol. The van der Waals surface area contributed by atoms with Gasteiger partial charge in [0, 0.05) is 11.0 Å². The van der Waals surface area contributed by atoms with Gasteiger partial charge in [0.15, 0.2) is 5.78 Å². The predicted octanol–water partition coefficient (Wildman–Crippen LogP) is 7.80. The minimum atomic E-state index is -0.296. The molecule has 150 valence electrons. The maximum Gasteiger partial charge on any atom is 0.168 e. The topological polar surface area (TPSA) is 17.1 Å². The third-order valence-corrected chi connectivity index (χ3v) is 7.35. The van der Waals surface area contributed by atoms with Gasteiger partial charge in [0.1, 0.15) is 0 Å². The van der Waals surface area contributed by atoms with E-state index in [1.54, 1.807) is 0 Å². The molecular formula is C26H40O. The Hall–Kier alpha value is -1.11. The molecule has 0 unspecified atom stereocenters. The smallest absolute Gasteiger partial charge is 0.168 e. The van der Waals surface area contributed by atoms with E-state index in [4.69, 9.17) is 0 Å². The molecule has 27 heavy (non-hydrogen) atoms. The van der Waals surface area contributed by atoms with Crippen LogP contribution in [0.3, 0.4) is 0 Å². The van der Waals surface area contributed by atoms with E-state index >= 15 is 0 Å². The van der Waals surface area contributed by atoms with Crippen LogP contribution in [0.4, 0.5) is 0 Å². The zero-order valence-corrected chi connectivity index (χ0v) is 18.1. The number of Topliss-reactive ketones (excluding diaryl/α,β-unsaturated/α-hetero) is 1. The lowest BCUT2D eigenvalue weighted by Crippen LogP contribution is -2.25. The van der Waals surface area contributed by atoms with Crippen molar-refractivity contribution in [1.29, 1.82) is 0 Å². The average molecular weight is 369 g/mol. The molecule has 0 bridgehead atoms. The molecule has 2 aliphatic rings. The first-order chi connectivity index (χ1) is 12.9. The Kier molecular flexibility index (Phi) is 6.82. The highest BCUT2D eigenvalue weighted by atomic mass is 16.1. The minimum absolute atomic E-state index is 0.247. The SMILES string of the molecule is CCCC1CCC(C2CCC(c3ccc(C(=O)C(C)(C)C)cc3)CC2)CC1. The molecule has 2 aliphatic carbocycles. The van der Waals surface area contributed by atoms with E-state index in [1.807, 2.05) is 20.8 Å². The van der Waals surface area contributed by atoms with Crippen molar-refractivity contribution < 1.29 is 4.79 Å². The van der Waals surface area contributed by atoms with Gasteiger partial charge in [-0.15, -0.1) is 0 Å². The van der Waals surface area contributed by atoms with Crippen LogP contribution in [0, 0.1) is 23.2 Å². The van der Waals surface area contributed by atoms with Crippen LogP contribution in [-0.2, 0) is 0 Å². The highest BCUT2D eigenvalue weighted by Crippen LogP contribution is 2.44. The molecule has 0 aromatic heterocycles. The van der Waals surface area contributed by atoms with Gasteiger partial charge >= 0.3 is 0 Å². The van der Waals surface area contributed by atoms with Crippen LogP contribution in [0.2, 0.25) is 0 Å². The van der Waals surface area contributed by atoms with E-state index in [9.17, 15) is 4.79 Å². The second kappa shape index (κ2) is 8.93. The zero-order chi connectivity index (χ0) is 19.4. The summed E-state index contributed by atoms with van der Waals surface area (Å²) >= 11 is 0. The number of carbonyl (C=O) groups is 1. The lowest BCUT2D eigenvalue weighted by atomic mass is 9.68. The van der Waals surface area contributed by atoms with Crippen molar-refractivity contribution in [2.24, 2.45) is 23.2 Å². The third kappa shape index (κ3) is 5.24. The standard InChI is InChI=1S/C26H40O/c1-5-6-19-7-9-20(10-8-19)21-11-13-22(14-12-21)23-15-17-24(18-16-23)25(27)26(2,3)4/h15-22H,5-14H2,1-4H3. The Bertz CT molecular complexity index is 590. The normalized spacial score (nSPS) is 29.5. The number of carbonyl (C=O) groups excluding carboxylic acids is 1. The van der Waals surface area contributed by atoms with Crippen LogP contribution < -0.4 is 0 Å². The summed E-state index contributed by atoms with van der Waals surface area (Å²) < 4.78 is 0. The van der Waals surface area contributed by atoms with Gasteiger partial charge in [-0.1, -0.05) is 77.6 Å². The second-order valence-corrected chi connectivity index (χ2v) is 10.4. The Morgan fingerprint density at radius 2 is 1.37 bits per heavy atom. The average Bonchev–Trinajstić information content (AvgIpc) is 2.68. The fraction of sp³-hybridized carbons (Fsp3) is 0.731. The molecular weight excluding hydrogens is 328 g/mol. The summed E-state index contributed by atoms with van der Waals surface area (Å²) in [6, 6.07) is 8.56. The highest BCUT2D eigenvalue weighted by molar-refractivity contribution is 5.99. The number of hydrogen-bond acceptors (Lipinski definition) is 1. The summed E-state index contributed by atoms with van der Waals surface area (Å²) in [5, 5.41) is 0. The van der Waals surface area contributed by atoms with Crippen molar-refractivity contribution in [3.05, 3.63) is 35.4 Å². The predicted molar refractivity (Wildman–Crippen MR) is 115 cm³/mol. The Morgan fingerprint density at radius 3 is 1.85 bits per heavy atom. The van der Waals surface area contributed by atoms with E-state index in [2.05, 4.69) is 31.2 Å². The van der Waals surface area contributed by atoms with E-state index in [1.165, 1.54) is 69.8 Å². The van der Waals surface area contributed by atoms with Crippen LogP contribution >= 0.6 is 0 Å². The molecule has 1 nitrogen and oxygen atoms in total. The van der Waals surface area contributed by atoms with Crippen LogP contribution in [0.5, 0.6) is 0 Å². The molecule has 1 aromatic carbocycles. The van der Waals surface area contributed by atoms with E-state index < -0.39 is 0 Å². The van der Waals surface area contributed by atoms with Gasteiger partial charge in [-0.05, 0) is 67.8 Å². The first-order valence-corrected chi connectivity index (χ1v) is 11.5. The van der Waals surface area contributed by atoms with E-state index in [-0.39, 0.29) is 11.2 Å². The molecule has 0 spiro atoms. The molecule has 0 atom stereocenters. The van der Waals surface area contributed by atoms with Gasteiger partial charge in [-0.3, -0.25) is 4.79 Å². The van der Waals surface area contributed by atoms with Crippen LogP contribution in [0.15, 0.2) is 24.3 Å². The third-order valence-electron chi connectivity index (χ3n) is 7.35. The fourth-order valence-electron chi connectivity index (χ4n) is 5.62. The van der Waals surface area contributed by atoms with Crippen molar-refractivity contribution in [1.82, 2.24) is 0 Å². The highest BCUT2D eigenvalue weighted by Gasteiger charge is 2.31. The Labute approximate surface area is 167 Å². The van der Waals surface area contributed by atoms with Gasteiger partial charge in [0.25, 0.3) is 0 Å².